The highest BCUT2D eigenvalue weighted by atomic mass is 14.7. The molecule has 0 spiro atoms. The molecule has 0 atom stereocenters. The van der Waals surface area contributed by atoms with Gasteiger partial charge in [0.2, 0.25) is 0 Å². The minimum atomic E-state index is 0.0224. The topological polar surface area (TPSA) is 38.7 Å². The first-order chi connectivity index (χ1) is 38.9. The molecule has 0 saturated heterocycles. The van der Waals surface area contributed by atoms with Crippen molar-refractivity contribution in [2.24, 2.45) is 0 Å². The molecule has 0 fully saturated rings. The smallest absolute Gasteiger partial charge is 0.0704 e. The highest BCUT2D eigenvalue weighted by Crippen LogP contribution is 2.45. The molecule has 0 bridgehead atoms. The molecule has 0 aliphatic rings. The maximum Gasteiger partial charge on any atom is 0.0704 e. The third kappa shape index (κ3) is 10.7. The van der Waals surface area contributed by atoms with E-state index in [0.717, 1.165) is 112 Å². The van der Waals surface area contributed by atoms with Gasteiger partial charge in [0, 0.05) is 35.3 Å². The van der Waals surface area contributed by atoms with Crippen LogP contribution in [-0.2, 0) is 10.8 Å². The second-order valence-electron chi connectivity index (χ2n) is 22.9. The number of rotatable bonds is 11. The summed E-state index contributed by atoms with van der Waals surface area (Å²) in [5.41, 5.74) is 27.1. The standard InChI is InChI=1S/C77H63N3/c1-76(2,3)63-41-44-79-74(50-63)57-35-31-54(32-36-57)65-20-10-12-22-67(65)60-46-61(68-23-13-11-21-66(68)55-33-37-58(38-34-55)75-51-64(42-45-80-75)77(4,5)6)48-62(47-60)69-24-14-15-25-70(69)71-40-39-59(73-26-16-17-43-78-73)49-72(71)56-29-27-53(28-30-56)52-18-8-7-9-19-52/h7-51H,1-6H3. The van der Waals surface area contributed by atoms with Crippen LogP contribution >= 0.6 is 0 Å². The lowest BCUT2D eigenvalue weighted by molar-refractivity contribution is 0.589. The molecule has 9 aromatic carbocycles. The van der Waals surface area contributed by atoms with Gasteiger partial charge in [0.15, 0.2) is 0 Å². The van der Waals surface area contributed by atoms with Crippen LogP contribution in [-0.4, -0.2) is 15.0 Å². The highest BCUT2D eigenvalue weighted by molar-refractivity contribution is 5.97. The Morgan fingerprint density at radius 3 is 0.988 bits per heavy atom. The van der Waals surface area contributed by atoms with Crippen molar-refractivity contribution in [1.29, 1.82) is 0 Å². The summed E-state index contributed by atoms with van der Waals surface area (Å²) < 4.78 is 0. The average molecular weight is 1030 g/mol. The first-order valence-corrected chi connectivity index (χ1v) is 27.7. The normalized spacial score (nSPS) is 11.6. The van der Waals surface area contributed by atoms with Gasteiger partial charge in [-0.25, -0.2) is 0 Å². The maximum atomic E-state index is 4.80. The van der Waals surface area contributed by atoms with Crippen LogP contribution in [0.1, 0.15) is 52.7 Å². The van der Waals surface area contributed by atoms with Gasteiger partial charge in [0.25, 0.3) is 0 Å². The lowest BCUT2D eigenvalue weighted by Gasteiger charge is -2.20. The molecule has 3 nitrogen and oxygen atoms in total. The Hall–Kier alpha value is -9.57. The molecule has 3 heteroatoms. The molecule has 3 heterocycles. The fourth-order valence-corrected chi connectivity index (χ4v) is 11.0. The number of aromatic nitrogens is 3. The van der Waals surface area contributed by atoms with Gasteiger partial charge in [0.05, 0.1) is 17.1 Å². The summed E-state index contributed by atoms with van der Waals surface area (Å²) in [7, 11) is 0. The van der Waals surface area contributed by atoms with Crippen LogP contribution < -0.4 is 0 Å². The average Bonchev–Trinajstić information content (AvgIpc) is 3.51. The van der Waals surface area contributed by atoms with Crippen molar-refractivity contribution in [2.45, 2.75) is 52.4 Å². The zero-order chi connectivity index (χ0) is 54.8. The Morgan fingerprint density at radius 2 is 0.537 bits per heavy atom. The lowest BCUT2D eigenvalue weighted by Crippen LogP contribution is -2.11. The summed E-state index contributed by atoms with van der Waals surface area (Å²) >= 11 is 0. The summed E-state index contributed by atoms with van der Waals surface area (Å²) in [6.07, 6.45) is 5.73. The van der Waals surface area contributed by atoms with Crippen molar-refractivity contribution >= 4 is 0 Å². The van der Waals surface area contributed by atoms with Gasteiger partial charge in [-0.1, -0.05) is 236 Å². The van der Waals surface area contributed by atoms with E-state index in [1.807, 2.05) is 24.7 Å². The Balaban J connectivity index is 1.02. The van der Waals surface area contributed by atoms with Crippen LogP contribution in [0.15, 0.2) is 273 Å². The maximum absolute atomic E-state index is 4.80. The van der Waals surface area contributed by atoms with Gasteiger partial charge in [-0.05, 0) is 172 Å². The van der Waals surface area contributed by atoms with E-state index < -0.39 is 0 Å². The first kappa shape index (κ1) is 51.2. The van der Waals surface area contributed by atoms with Crippen molar-refractivity contribution in [3.8, 4) is 123 Å². The van der Waals surface area contributed by atoms with Crippen molar-refractivity contribution < 1.29 is 0 Å². The second-order valence-corrected chi connectivity index (χ2v) is 22.9. The Morgan fingerprint density at radius 1 is 0.200 bits per heavy atom. The summed E-state index contributed by atoms with van der Waals surface area (Å²) in [5.74, 6) is 0. The summed E-state index contributed by atoms with van der Waals surface area (Å²) in [6, 6.07) is 92.8. The Labute approximate surface area is 472 Å². The van der Waals surface area contributed by atoms with E-state index in [1.54, 1.807) is 0 Å². The second kappa shape index (κ2) is 21.7. The van der Waals surface area contributed by atoms with Crippen molar-refractivity contribution in [1.82, 2.24) is 15.0 Å². The molecule has 0 amide bonds. The molecule has 12 rings (SSSR count). The highest BCUT2D eigenvalue weighted by Gasteiger charge is 2.21. The molecule has 0 unspecified atom stereocenters. The summed E-state index contributed by atoms with van der Waals surface area (Å²) in [5, 5.41) is 0. The fourth-order valence-electron chi connectivity index (χ4n) is 11.0. The van der Waals surface area contributed by atoms with Crippen molar-refractivity contribution in [3.63, 3.8) is 0 Å². The molecule has 0 aliphatic heterocycles. The number of nitrogens with zero attached hydrogens (tertiary/aromatic N) is 3. The molecule has 0 N–H and O–H groups in total. The van der Waals surface area contributed by atoms with Crippen LogP contribution in [0.2, 0.25) is 0 Å². The minimum absolute atomic E-state index is 0.0224. The number of hydrogen-bond donors (Lipinski definition) is 0. The van der Waals surface area contributed by atoms with Gasteiger partial charge in [-0.3, -0.25) is 15.0 Å². The monoisotopic (exact) mass is 1030 g/mol. The molecule has 0 saturated carbocycles. The number of benzene rings is 9. The van der Waals surface area contributed by atoms with E-state index in [4.69, 9.17) is 15.0 Å². The van der Waals surface area contributed by atoms with Gasteiger partial charge >= 0.3 is 0 Å². The van der Waals surface area contributed by atoms with Gasteiger partial charge in [0.1, 0.15) is 0 Å². The molecule has 0 aliphatic carbocycles. The van der Waals surface area contributed by atoms with E-state index >= 15 is 0 Å². The first-order valence-electron chi connectivity index (χ1n) is 27.7. The molecule has 3 aromatic heterocycles. The van der Waals surface area contributed by atoms with E-state index in [2.05, 4.69) is 290 Å². The Bertz CT molecular complexity index is 3980. The predicted octanol–water partition coefficient (Wildman–Crippen LogP) is 20.8. The number of pyridine rings is 3. The molecule has 80 heavy (non-hydrogen) atoms. The van der Waals surface area contributed by atoms with E-state index in [0.29, 0.717) is 0 Å². The molecular formula is C77H63N3. The van der Waals surface area contributed by atoms with Crippen LogP contribution in [0.5, 0.6) is 0 Å². The summed E-state index contributed by atoms with van der Waals surface area (Å²) in [4.78, 5) is 14.4. The predicted molar refractivity (Wildman–Crippen MR) is 337 cm³/mol. The van der Waals surface area contributed by atoms with Gasteiger partial charge < -0.3 is 0 Å². The third-order valence-electron chi connectivity index (χ3n) is 15.5. The quantitative estimate of drug-likeness (QED) is 0.130. The van der Waals surface area contributed by atoms with Crippen LogP contribution in [0.3, 0.4) is 0 Å². The number of hydrogen-bond acceptors (Lipinski definition) is 3. The SMILES string of the molecule is CC(C)(C)c1ccnc(-c2ccc(-c3ccccc3-c3cc(-c4ccccc4-c4ccc(-c5cc(C(C)(C)C)ccn5)cc4)cc(-c4ccccc4-c4ccc(-c5ccccn5)cc4-c4ccc(-c5ccccc5)cc4)c3)cc2)c1. The van der Waals surface area contributed by atoms with Gasteiger partial charge in [-0.15, -0.1) is 0 Å². The van der Waals surface area contributed by atoms with E-state index in [-0.39, 0.29) is 10.8 Å². The van der Waals surface area contributed by atoms with Crippen LogP contribution in [0.4, 0.5) is 0 Å². The third-order valence-corrected chi connectivity index (χ3v) is 15.5. The zero-order valence-electron chi connectivity index (χ0n) is 46.3. The van der Waals surface area contributed by atoms with Gasteiger partial charge in [-0.2, -0.15) is 0 Å². The van der Waals surface area contributed by atoms with E-state index in [1.165, 1.54) is 22.3 Å². The molecule has 12 aromatic rings. The zero-order valence-corrected chi connectivity index (χ0v) is 46.3. The molecule has 386 valence electrons. The molecule has 0 radical (unpaired) electrons. The largest absolute Gasteiger partial charge is 0.256 e. The Kier molecular flexibility index (Phi) is 13.9. The van der Waals surface area contributed by atoms with Crippen molar-refractivity contribution in [3.05, 3.63) is 285 Å². The molecular weight excluding hydrogens is 967 g/mol. The van der Waals surface area contributed by atoms with Crippen molar-refractivity contribution in [2.75, 3.05) is 0 Å². The minimum Gasteiger partial charge on any atom is -0.256 e. The lowest BCUT2D eigenvalue weighted by atomic mass is 9.84. The fraction of sp³-hybridized carbons (Fsp3) is 0.104. The summed E-state index contributed by atoms with van der Waals surface area (Å²) in [6.45, 7) is 13.5. The van der Waals surface area contributed by atoms with Crippen LogP contribution in [0.25, 0.3) is 123 Å². The van der Waals surface area contributed by atoms with Crippen LogP contribution in [0, 0.1) is 0 Å². The van der Waals surface area contributed by atoms with E-state index in [9.17, 15) is 0 Å².